The van der Waals surface area contributed by atoms with Gasteiger partial charge in [-0.25, -0.2) is 18.9 Å². The van der Waals surface area contributed by atoms with Crippen LogP contribution in [0.25, 0.3) is 17.0 Å². The van der Waals surface area contributed by atoms with Gasteiger partial charge in [-0.3, -0.25) is 4.79 Å². The lowest BCUT2D eigenvalue weighted by Gasteiger charge is -2.31. The lowest BCUT2D eigenvalue weighted by atomic mass is 9.78. The highest BCUT2D eigenvalue weighted by Gasteiger charge is 2.39. The fourth-order valence-electron chi connectivity index (χ4n) is 4.42. The Balaban J connectivity index is 1.60. The summed E-state index contributed by atoms with van der Waals surface area (Å²) >= 11 is 0. The van der Waals surface area contributed by atoms with E-state index >= 15 is 0 Å². The number of Topliss-reactive ketones (excluding diaryl/α,β-unsaturated/α-hetero) is 1. The summed E-state index contributed by atoms with van der Waals surface area (Å²) in [5, 5.41) is 4.54. The minimum atomic E-state index is -0.325. The molecule has 31 heavy (non-hydrogen) atoms. The van der Waals surface area contributed by atoms with E-state index in [1.165, 1.54) is 12.1 Å². The quantitative estimate of drug-likeness (QED) is 0.486. The van der Waals surface area contributed by atoms with Gasteiger partial charge in [-0.05, 0) is 36.2 Å². The first-order valence-corrected chi connectivity index (χ1v) is 10.2. The zero-order valence-corrected chi connectivity index (χ0v) is 16.5. The molecule has 6 rings (SSSR count). The second-order valence-corrected chi connectivity index (χ2v) is 7.73. The van der Waals surface area contributed by atoms with Gasteiger partial charge >= 0.3 is 0 Å². The zero-order valence-electron chi connectivity index (χ0n) is 16.5. The van der Waals surface area contributed by atoms with E-state index in [-0.39, 0.29) is 17.5 Å². The average molecular weight is 412 g/mol. The molecule has 2 aromatic carbocycles. The second kappa shape index (κ2) is 6.84. The molecule has 2 aliphatic rings. The van der Waals surface area contributed by atoms with Crippen LogP contribution in [0.4, 0.5) is 4.39 Å². The topological polar surface area (TPSA) is 69.4 Å². The van der Waals surface area contributed by atoms with Crippen molar-refractivity contribution in [3.63, 3.8) is 0 Å². The third kappa shape index (κ3) is 2.84. The molecular formula is C24H17FN4O2. The predicted molar refractivity (Wildman–Crippen MR) is 111 cm³/mol. The fourth-order valence-corrected chi connectivity index (χ4v) is 4.42. The monoisotopic (exact) mass is 412 g/mol. The van der Waals surface area contributed by atoms with E-state index in [0.717, 1.165) is 17.5 Å². The number of carbonyl (C=O) groups is 1. The van der Waals surface area contributed by atoms with Crippen LogP contribution in [0.1, 0.15) is 36.3 Å². The minimum absolute atomic E-state index is 0.0982. The van der Waals surface area contributed by atoms with Crippen LogP contribution in [0.15, 0.2) is 72.3 Å². The van der Waals surface area contributed by atoms with Crippen LogP contribution in [0, 0.1) is 5.82 Å². The Bertz CT molecular complexity index is 1360. The number of ether oxygens (including phenoxy) is 1. The third-order valence-electron chi connectivity index (χ3n) is 5.83. The summed E-state index contributed by atoms with van der Waals surface area (Å²) in [6, 6.07) is 15.9. The zero-order chi connectivity index (χ0) is 20.9. The number of hydrogen-bond donors (Lipinski definition) is 0. The van der Waals surface area contributed by atoms with E-state index < -0.39 is 0 Å². The van der Waals surface area contributed by atoms with Crippen LogP contribution < -0.4 is 4.74 Å². The van der Waals surface area contributed by atoms with Crippen molar-refractivity contribution in [1.82, 2.24) is 19.6 Å². The second-order valence-electron chi connectivity index (χ2n) is 7.73. The van der Waals surface area contributed by atoms with Gasteiger partial charge in [0.1, 0.15) is 17.9 Å². The summed E-state index contributed by atoms with van der Waals surface area (Å²) in [6.07, 6.45) is 3.55. The normalized spacial score (nSPS) is 18.0. The van der Waals surface area contributed by atoms with Gasteiger partial charge in [0.15, 0.2) is 17.3 Å². The van der Waals surface area contributed by atoms with Crippen molar-refractivity contribution in [3.8, 4) is 17.3 Å². The number of halogens is 1. The predicted octanol–water partition coefficient (Wildman–Crippen LogP) is 4.46. The number of benzene rings is 2. The number of rotatable bonds is 2. The van der Waals surface area contributed by atoms with Crippen LogP contribution in [-0.2, 0) is 4.79 Å². The van der Waals surface area contributed by atoms with Crippen LogP contribution in [0.2, 0.25) is 0 Å². The molecule has 0 unspecified atom stereocenters. The van der Waals surface area contributed by atoms with Gasteiger partial charge < -0.3 is 4.74 Å². The van der Waals surface area contributed by atoms with Crippen LogP contribution in [0.3, 0.4) is 0 Å². The SMILES string of the molecule is O=C1CCCC2=C1[C@H](c1ccccc1)c1c(ncn3nc(-c4ccc(F)cc4)nc13)O2. The van der Waals surface area contributed by atoms with Gasteiger partial charge in [0.05, 0.1) is 5.56 Å². The van der Waals surface area contributed by atoms with Gasteiger partial charge in [-0.1, -0.05) is 30.3 Å². The lowest BCUT2D eigenvalue weighted by molar-refractivity contribution is -0.116. The molecule has 1 atom stereocenters. The maximum Gasteiger partial charge on any atom is 0.228 e. The molecule has 1 aliphatic heterocycles. The maximum atomic E-state index is 13.4. The Morgan fingerprint density at radius 1 is 1.03 bits per heavy atom. The summed E-state index contributed by atoms with van der Waals surface area (Å²) in [6.45, 7) is 0. The molecule has 6 nitrogen and oxygen atoms in total. The number of aromatic nitrogens is 4. The van der Waals surface area contributed by atoms with Crippen LogP contribution >= 0.6 is 0 Å². The Morgan fingerprint density at radius 3 is 2.65 bits per heavy atom. The smallest absolute Gasteiger partial charge is 0.228 e. The first-order chi connectivity index (χ1) is 15.2. The van der Waals surface area contributed by atoms with Crippen molar-refractivity contribution >= 4 is 11.4 Å². The van der Waals surface area contributed by atoms with Crippen molar-refractivity contribution in [1.29, 1.82) is 0 Å². The van der Waals surface area contributed by atoms with E-state index in [9.17, 15) is 9.18 Å². The van der Waals surface area contributed by atoms with Crippen molar-refractivity contribution in [3.05, 3.63) is 89.2 Å². The average Bonchev–Trinajstić information content (AvgIpc) is 3.23. The Morgan fingerprint density at radius 2 is 1.84 bits per heavy atom. The van der Waals surface area contributed by atoms with Gasteiger partial charge in [-0.2, -0.15) is 0 Å². The highest BCUT2D eigenvalue weighted by atomic mass is 19.1. The molecule has 0 saturated carbocycles. The van der Waals surface area contributed by atoms with E-state index in [1.54, 1.807) is 23.0 Å². The Labute approximate surface area is 177 Å². The third-order valence-corrected chi connectivity index (χ3v) is 5.83. The first kappa shape index (κ1) is 17.9. The molecular weight excluding hydrogens is 395 g/mol. The molecule has 7 heteroatoms. The number of hydrogen-bond acceptors (Lipinski definition) is 5. The van der Waals surface area contributed by atoms with Crippen molar-refractivity contribution in [2.75, 3.05) is 0 Å². The molecule has 0 N–H and O–H groups in total. The Hall–Kier alpha value is -3.87. The fraction of sp³-hybridized carbons (Fsp3) is 0.167. The number of allylic oxidation sites excluding steroid dienone is 2. The largest absolute Gasteiger partial charge is 0.442 e. The number of fused-ring (bicyclic) bond motifs is 3. The Kier molecular flexibility index (Phi) is 3.96. The molecule has 0 fully saturated rings. The van der Waals surface area contributed by atoms with Crippen LogP contribution in [-0.4, -0.2) is 25.4 Å². The van der Waals surface area contributed by atoms with Gasteiger partial charge in [-0.15, -0.1) is 5.10 Å². The minimum Gasteiger partial charge on any atom is -0.442 e. The van der Waals surface area contributed by atoms with E-state index in [2.05, 4.69) is 10.1 Å². The molecule has 0 amide bonds. The highest BCUT2D eigenvalue weighted by molar-refractivity contribution is 6.00. The first-order valence-electron chi connectivity index (χ1n) is 10.2. The van der Waals surface area contributed by atoms with Gasteiger partial charge in [0.2, 0.25) is 5.88 Å². The molecule has 2 aromatic heterocycles. The number of carbonyl (C=O) groups excluding carboxylic acids is 1. The molecule has 3 heterocycles. The van der Waals surface area contributed by atoms with E-state index in [0.29, 0.717) is 47.1 Å². The van der Waals surface area contributed by atoms with E-state index in [1.807, 2.05) is 30.3 Å². The summed E-state index contributed by atoms with van der Waals surface area (Å²) in [4.78, 5) is 22.2. The van der Waals surface area contributed by atoms with Crippen molar-refractivity contribution in [2.45, 2.75) is 25.2 Å². The van der Waals surface area contributed by atoms with Gasteiger partial charge in [0, 0.05) is 29.9 Å². The molecule has 0 radical (unpaired) electrons. The molecule has 0 saturated heterocycles. The molecule has 1 aliphatic carbocycles. The van der Waals surface area contributed by atoms with Gasteiger partial charge in [0.25, 0.3) is 0 Å². The number of ketones is 1. The highest BCUT2D eigenvalue weighted by Crippen LogP contribution is 2.47. The summed E-state index contributed by atoms with van der Waals surface area (Å²) in [7, 11) is 0. The summed E-state index contributed by atoms with van der Waals surface area (Å²) in [5.74, 6) is 1.06. The van der Waals surface area contributed by atoms with Crippen LogP contribution in [0.5, 0.6) is 5.88 Å². The standard InChI is InChI=1S/C24H17FN4O2/c25-16-11-9-15(10-12-16)22-27-23-21-19(14-5-2-1-3-6-14)20-17(30)7-4-8-18(20)31-24(21)26-13-29(23)28-22/h1-3,5-6,9-13,19H,4,7-8H2/t19-/m0/s1. The summed E-state index contributed by atoms with van der Waals surface area (Å²) in [5.41, 5.74) is 3.66. The lowest BCUT2D eigenvalue weighted by Crippen LogP contribution is -2.26. The van der Waals surface area contributed by atoms with Crippen molar-refractivity contribution in [2.24, 2.45) is 0 Å². The molecule has 152 valence electrons. The molecule has 4 aromatic rings. The summed E-state index contributed by atoms with van der Waals surface area (Å²) < 4.78 is 21.1. The molecule has 0 spiro atoms. The van der Waals surface area contributed by atoms with Crippen molar-refractivity contribution < 1.29 is 13.9 Å². The molecule has 0 bridgehead atoms. The van der Waals surface area contributed by atoms with E-state index in [4.69, 9.17) is 9.72 Å². The number of nitrogens with zero attached hydrogens (tertiary/aromatic N) is 4. The maximum absolute atomic E-state index is 13.4.